The molecule has 0 aliphatic rings. The highest BCUT2D eigenvalue weighted by Crippen LogP contribution is 2.22. The van der Waals surface area contributed by atoms with Crippen LogP contribution in [0.25, 0.3) is 0 Å². The molecule has 2 nitrogen and oxygen atoms in total. The second kappa shape index (κ2) is 9.60. The van der Waals surface area contributed by atoms with Gasteiger partial charge < -0.3 is 0 Å². The molecule has 0 bridgehead atoms. The van der Waals surface area contributed by atoms with E-state index in [0.29, 0.717) is 4.38 Å². The maximum absolute atomic E-state index is 12.4. The van der Waals surface area contributed by atoms with E-state index in [0.717, 1.165) is 23.9 Å². The zero-order chi connectivity index (χ0) is 12.4. The first kappa shape index (κ1) is 15.4. The van der Waals surface area contributed by atoms with Crippen LogP contribution in [0.3, 0.4) is 0 Å². The highest BCUT2D eigenvalue weighted by Gasteiger charge is 2.07. The first-order valence-electron chi connectivity index (χ1n) is 4.53. The number of hydrogen-bond donors (Lipinski definition) is 0. The fraction of sp³-hybridized carbons (Fsp3) is 0.556. The third-order valence-corrected chi connectivity index (χ3v) is 3.73. The largest absolute Gasteiger partial charge is 0.301 e. The quantitative estimate of drug-likeness (QED) is 0.426. The molecule has 0 heterocycles. The van der Waals surface area contributed by atoms with Crippen LogP contribution in [0.15, 0.2) is 16.9 Å². The van der Waals surface area contributed by atoms with Crippen LogP contribution in [0.4, 0.5) is 13.2 Å². The van der Waals surface area contributed by atoms with Crippen LogP contribution >= 0.6 is 23.5 Å². The average Bonchev–Trinajstić information content (AvgIpc) is 2.25. The summed E-state index contributed by atoms with van der Waals surface area (Å²) < 4.78 is 36.3. The van der Waals surface area contributed by atoms with Gasteiger partial charge in [0.15, 0.2) is 5.83 Å². The van der Waals surface area contributed by atoms with Crippen molar-refractivity contribution in [2.24, 2.45) is 4.99 Å². The number of halogens is 3. The summed E-state index contributed by atoms with van der Waals surface area (Å²) >= 11 is 2.49. The predicted octanol–water partition coefficient (Wildman–Crippen LogP) is 4.17. The highest BCUT2D eigenvalue weighted by molar-refractivity contribution is 8.38. The molecule has 0 aliphatic carbocycles. The Bertz CT molecular complexity index is 306. The smallest absolute Gasteiger partial charge is 0.206 e. The number of allylic oxidation sites excluding steroid dienone is 1. The minimum atomic E-state index is -2.28. The lowest BCUT2D eigenvalue weighted by Crippen LogP contribution is -1.91. The molecule has 7 heteroatoms. The average molecular weight is 268 g/mol. The van der Waals surface area contributed by atoms with Crippen LogP contribution in [0, 0.1) is 11.5 Å². The van der Waals surface area contributed by atoms with Crippen molar-refractivity contribution in [3.8, 4) is 6.19 Å². The maximum atomic E-state index is 12.4. The summed E-state index contributed by atoms with van der Waals surface area (Å²) in [4.78, 5) is 3.53. The summed E-state index contributed by atoms with van der Waals surface area (Å²) in [6, 6.07) is 0. The van der Waals surface area contributed by atoms with Crippen molar-refractivity contribution < 1.29 is 13.2 Å². The molecule has 0 saturated heterocycles. The van der Waals surface area contributed by atoms with Gasteiger partial charge in [0.05, 0.1) is 0 Å². The molecule has 0 saturated carbocycles. The summed E-state index contributed by atoms with van der Waals surface area (Å²) in [5, 5.41) is 8.37. The summed E-state index contributed by atoms with van der Waals surface area (Å²) in [5.74, 6) is -0.451. The fourth-order valence-corrected chi connectivity index (χ4v) is 2.54. The van der Waals surface area contributed by atoms with Gasteiger partial charge in [-0.25, -0.2) is 4.39 Å². The van der Waals surface area contributed by atoms with E-state index < -0.39 is 11.9 Å². The molecule has 0 aromatic heterocycles. The molecule has 0 aliphatic heterocycles. The standard InChI is InChI=1S/C9H11F3N2S2/c1-2-4-15-9(14-6-13)16-5-3-7(10)8(11)12/h2-5H2,1H3. The van der Waals surface area contributed by atoms with E-state index in [2.05, 4.69) is 4.99 Å². The van der Waals surface area contributed by atoms with Gasteiger partial charge in [-0.3, -0.25) is 0 Å². The molecule has 0 radical (unpaired) electrons. The van der Waals surface area contributed by atoms with E-state index >= 15 is 0 Å². The van der Waals surface area contributed by atoms with E-state index in [1.165, 1.54) is 11.8 Å². The van der Waals surface area contributed by atoms with Gasteiger partial charge in [-0.2, -0.15) is 19.0 Å². The molecule has 16 heavy (non-hydrogen) atoms. The molecule has 0 fully saturated rings. The van der Waals surface area contributed by atoms with E-state index in [4.69, 9.17) is 5.26 Å². The molecule has 0 aromatic carbocycles. The molecule has 0 atom stereocenters. The first-order valence-corrected chi connectivity index (χ1v) is 6.51. The number of thioether (sulfide) groups is 2. The summed E-state index contributed by atoms with van der Waals surface area (Å²) in [7, 11) is 0. The van der Waals surface area contributed by atoms with Crippen LogP contribution in [0.2, 0.25) is 0 Å². The minimum absolute atomic E-state index is 0.153. The Hall–Kier alpha value is -0.610. The summed E-state index contributed by atoms with van der Waals surface area (Å²) in [5.41, 5.74) is 0. The fourth-order valence-electron chi connectivity index (χ4n) is 0.659. The number of nitriles is 1. The Morgan fingerprint density at radius 2 is 1.88 bits per heavy atom. The number of hydrogen-bond acceptors (Lipinski definition) is 4. The van der Waals surface area contributed by atoms with Gasteiger partial charge >= 0.3 is 6.08 Å². The van der Waals surface area contributed by atoms with E-state index in [9.17, 15) is 13.2 Å². The van der Waals surface area contributed by atoms with Crippen molar-refractivity contribution in [2.75, 3.05) is 11.5 Å². The summed E-state index contributed by atoms with van der Waals surface area (Å²) in [6.45, 7) is 1.97. The van der Waals surface area contributed by atoms with Crippen LogP contribution in [-0.4, -0.2) is 15.9 Å². The van der Waals surface area contributed by atoms with Crippen LogP contribution < -0.4 is 0 Å². The van der Waals surface area contributed by atoms with Crippen molar-refractivity contribution in [1.29, 1.82) is 5.26 Å². The van der Waals surface area contributed by atoms with Crippen molar-refractivity contribution in [1.82, 2.24) is 0 Å². The Labute approximate surface area is 101 Å². The van der Waals surface area contributed by atoms with E-state index in [1.807, 2.05) is 6.92 Å². The number of aliphatic imine (C=N–C) groups is 1. The molecule has 90 valence electrons. The van der Waals surface area contributed by atoms with Gasteiger partial charge in [-0.1, -0.05) is 30.4 Å². The van der Waals surface area contributed by atoms with Crippen molar-refractivity contribution in [2.45, 2.75) is 19.8 Å². The lowest BCUT2D eigenvalue weighted by atomic mass is 10.4. The van der Waals surface area contributed by atoms with Gasteiger partial charge in [0.1, 0.15) is 4.38 Å². The molecular formula is C9H11F3N2S2. The Morgan fingerprint density at radius 3 is 2.38 bits per heavy atom. The normalized spacial score (nSPS) is 11.1. The third-order valence-electron chi connectivity index (χ3n) is 1.32. The van der Waals surface area contributed by atoms with Gasteiger partial charge in [-0.15, -0.1) is 0 Å². The SMILES string of the molecule is CCCSC(=NC#N)SCCC(F)=C(F)F. The molecule has 0 unspecified atom stereocenters. The van der Waals surface area contributed by atoms with Gasteiger partial charge in [0, 0.05) is 12.2 Å². The zero-order valence-electron chi connectivity index (χ0n) is 8.67. The molecule has 0 rings (SSSR count). The minimum Gasteiger partial charge on any atom is -0.206 e. The maximum Gasteiger partial charge on any atom is 0.301 e. The Kier molecular flexibility index (Phi) is 9.24. The second-order valence-electron chi connectivity index (χ2n) is 2.59. The number of rotatable bonds is 5. The molecular weight excluding hydrogens is 257 g/mol. The lowest BCUT2D eigenvalue weighted by Gasteiger charge is -2.01. The van der Waals surface area contributed by atoms with Crippen LogP contribution in [0.1, 0.15) is 19.8 Å². The second-order valence-corrected chi connectivity index (χ2v) is 5.02. The van der Waals surface area contributed by atoms with Crippen molar-refractivity contribution in [3.63, 3.8) is 0 Å². The Balaban J connectivity index is 4.01. The van der Waals surface area contributed by atoms with E-state index in [1.54, 1.807) is 6.19 Å². The molecule has 0 N–H and O–H groups in total. The highest BCUT2D eigenvalue weighted by atomic mass is 32.2. The lowest BCUT2D eigenvalue weighted by molar-refractivity contribution is 0.373. The molecule has 0 spiro atoms. The molecule has 0 aromatic rings. The number of nitrogens with zero attached hydrogens (tertiary/aromatic N) is 2. The van der Waals surface area contributed by atoms with Crippen LogP contribution in [0.5, 0.6) is 0 Å². The van der Waals surface area contributed by atoms with Crippen molar-refractivity contribution >= 4 is 27.9 Å². The molecule has 0 amide bonds. The monoisotopic (exact) mass is 268 g/mol. The Morgan fingerprint density at radius 1 is 1.25 bits per heavy atom. The van der Waals surface area contributed by atoms with Gasteiger partial charge in [0.2, 0.25) is 6.19 Å². The van der Waals surface area contributed by atoms with Gasteiger partial charge in [0.25, 0.3) is 0 Å². The first-order chi connectivity index (χ1) is 7.61. The third kappa shape index (κ3) is 7.65. The van der Waals surface area contributed by atoms with Gasteiger partial charge in [-0.05, 0) is 12.2 Å². The van der Waals surface area contributed by atoms with E-state index in [-0.39, 0.29) is 12.2 Å². The summed E-state index contributed by atoms with van der Waals surface area (Å²) in [6.07, 6.45) is -0.0707. The topological polar surface area (TPSA) is 36.1 Å². The van der Waals surface area contributed by atoms with Crippen LogP contribution in [-0.2, 0) is 0 Å². The van der Waals surface area contributed by atoms with Crippen molar-refractivity contribution in [3.05, 3.63) is 11.9 Å². The predicted molar refractivity (Wildman–Crippen MR) is 63.2 cm³/mol. The zero-order valence-corrected chi connectivity index (χ0v) is 10.3.